The van der Waals surface area contributed by atoms with Gasteiger partial charge >= 0.3 is 0 Å². The van der Waals surface area contributed by atoms with Crippen molar-refractivity contribution in [1.29, 1.82) is 0 Å². The monoisotopic (exact) mass is 355 g/mol. The Labute approximate surface area is 126 Å². The van der Waals surface area contributed by atoms with Crippen molar-refractivity contribution in [3.05, 3.63) is 46.6 Å². The van der Waals surface area contributed by atoms with Gasteiger partial charge in [0.05, 0.1) is 0 Å². The number of nitrogens with two attached hydrogens (primary N) is 1. The molecule has 106 valence electrons. The van der Waals surface area contributed by atoms with Crippen molar-refractivity contribution in [3.63, 3.8) is 0 Å². The molecule has 0 aliphatic carbocycles. The van der Waals surface area contributed by atoms with E-state index in [1.807, 2.05) is 19.1 Å². The van der Waals surface area contributed by atoms with Crippen LogP contribution in [0.25, 0.3) is 0 Å². The molecule has 0 aliphatic heterocycles. The summed E-state index contributed by atoms with van der Waals surface area (Å²) in [5.41, 5.74) is 7.25. The lowest BCUT2D eigenvalue weighted by molar-refractivity contribution is 0.601. The van der Waals surface area contributed by atoms with Crippen LogP contribution in [-0.4, -0.2) is 13.4 Å². The van der Waals surface area contributed by atoms with Gasteiger partial charge in [-0.3, -0.25) is 4.72 Å². The highest BCUT2D eigenvalue weighted by molar-refractivity contribution is 9.10. The quantitative estimate of drug-likeness (QED) is 0.882. The van der Waals surface area contributed by atoms with E-state index in [1.54, 1.807) is 12.1 Å². The van der Waals surface area contributed by atoms with Crippen LogP contribution in [0.3, 0.4) is 0 Å². The largest absolute Gasteiger partial charge is 0.383 e. The van der Waals surface area contributed by atoms with E-state index in [2.05, 4.69) is 25.6 Å². The number of nitrogens with one attached hydrogen (secondary N) is 1. The number of hydrogen-bond acceptors (Lipinski definition) is 4. The molecule has 0 saturated heterocycles. The number of sulfonamides is 1. The van der Waals surface area contributed by atoms with Gasteiger partial charge in [0, 0.05) is 16.4 Å². The number of hydrogen-bond donors (Lipinski definition) is 2. The molecule has 1 aromatic heterocycles. The van der Waals surface area contributed by atoms with E-state index in [4.69, 9.17) is 5.73 Å². The molecule has 0 spiro atoms. The summed E-state index contributed by atoms with van der Waals surface area (Å²) in [7, 11) is -3.75. The highest BCUT2D eigenvalue weighted by Gasteiger charge is 2.19. The Morgan fingerprint density at radius 1 is 1.30 bits per heavy atom. The van der Waals surface area contributed by atoms with E-state index in [0.29, 0.717) is 10.2 Å². The minimum absolute atomic E-state index is 0.0362. The number of pyridine rings is 1. The highest BCUT2D eigenvalue weighted by Crippen LogP contribution is 2.23. The van der Waals surface area contributed by atoms with E-state index in [1.165, 1.54) is 12.3 Å². The third-order valence-corrected chi connectivity index (χ3v) is 4.60. The Balaban J connectivity index is 2.32. The number of halogens is 1. The number of benzene rings is 1. The summed E-state index contributed by atoms with van der Waals surface area (Å²) >= 11 is 3.18. The minimum Gasteiger partial charge on any atom is -0.383 e. The summed E-state index contributed by atoms with van der Waals surface area (Å²) in [5.74, 6) is -0.0362. The van der Waals surface area contributed by atoms with Crippen molar-refractivity contribution < 1.29 is 8.42 Å². The fraction of sp³-hybridized carbons (Fsp3) is 0.154. The molecule has 20 heavy (non-hydrogen) atoms. The number of rotatable bonds is 4. The molecular weight excluding hydrogens is 342 g/mol. The molecule has 2 aromatic rings. The molecule has 1 heterocycles. The zero-order valence-corrected chi connectivity index (χ0v) is 13.2. The van der Waals surface area contributed by atoms with E-state index < -0.39 is 10.0 Å². The molecular formula is C13H14BrN3O2S. The van der Waals surface area contributed by atoms with Gasteiger partial charge < -0.3 is 5.73 Å². The number of aryl methyl sites for hydroxylation is 1. The number of nitrogens with zero attached hydrogens (tertiary/aromatic N) is 1. The van der Waals surface area contributed by atoms with Crippen LogP contribution in [-0.2, 0) is 16.4 Å². The third-order valence-electron chi connectivity index (χ3n) is 2.75. The van der Waals surface area contributed by atoms with Crippen LogP contribution in [0.4, 0.5) is 11.5 Å². The van der Waals surface area contributed by atoms with Crippen molar-refractivity contribution in [3.8, 4) is 0 Å². The fourth-order valence-electron chi connectivity index (χ4n) is 1.67. The van der Waals surface area contributed by atoms with Crippen molar-refractivity contribution in [2.24, 2.45) is 0 Å². The second kappa shape index (κ2) is 5.80. The predicted octanol–water partition coefficient (Wildman–Crippen LogP) is 2.79. The van der Waals surface area contributed by atoms with Gasteiger partial charge in [0.1, 0.15) is 10.7 Å². The van der Waals surface area contributed by atoms with Gasteiger partial charge in [0.25, 0.3) is 10.0 Å². The molecule has 0 fully saturated rings. The normalized spacial score (nSPS) is 11.3. The lowest BCUT2D eigenvalue weighted by Crippen LogP contribution is -2.15. The maximum atomic E-state index is 12.3. The van der Waals surface area contributed by atoms with E-state index in [-0.39, 0.29) is 10.7 Å². The summed E-state index contributed by atoms with van der Waals surface area (Å²) in [4.78, 5) is 3.78. The SMILES string of the molecule is CCc1ccc(NS(=O)(=O)c2cc(Br)cnc2N)cc1. The van der Waals surface area contributed by atoms with Crippen molar-refractivity contribution >= 4 is 37.5 Å². The second-order valence-corrected chi connectivity index (χ2v) is 6.76. The lowest BCUT2D eigenvalue weighted by Gasteiger charge is -2.10. The first-order valence-electron chi connectivity index (χ1n) is 5.95. The van der Waals surface area contributed by atoms with Crippen LogP contribution in [0, 0.1) is 0 Å². The first-order valence-corrected chi connectivity index (χ1v) is 8.23. The summed E-state index contributed by atoms with van der Waals surface area (Å²) in [5, 5.41) is 0. The molecule has 0 amide bonds. The topological polar surface area (TPSA) is 85.1 Å². The summed E-state index contributed by atoms with van der Waals surface area (Å²) in [6.07, 6.45) is 2.35. The van der Waals surface area contributed by atoms with Crippen molar-refractivity contribution in [2.75, 3.05) is 10.5 Å². The Kier molecular flexibility index (Phi) is 4.29. The average Bonchev–Trinajstić information content (AvgIpc) is 2.42. The van der Waals surface area contributed by atoms with E-state index in [9.17, 15) is 8.42 Å². The lowest BCUT2D eigenvalue weighted by atomic mass is 10.2. The number of anilines is 2. The zero-order chi connectivity index (χ0) is 14.8. The second-order valence-electron chi connectivity index (χ2n) is 4.19. The molecule has 0 aliphatic rings. The number of nitrogen functional groups attached to an aromatic ring is 1. The molecule has 5 nitrogen and oxygen atoms in total. The molecule has 3 N–H and O–H groups in total. The van der Waals surface area contributed by atoms with Crippen LogP contribution in [0.15, 0.2) is 45.9 Å². The van der Waals surface area contributed by atoms with Crippen molar-refractivity contribution in [2.45, 2.75) is 18.2 Å². The Morgan fingerprint density at radius 3 is 2.55 bits per heavy atom. The third kappa shape index (κ3) is 3.29. The van der Waals surface area contributed by atoms with E-state index in [0.717, 1.165) is 12.0 Å². The van der Waals surface area contributed by atoms with Gasteiger partial charge in [0.15, 0.2) is 0 Å². The Morgan fingerprint density at radius 2 is 1.95 bits per heavy atom. The Hall–Kier alpha value is -1.60. The predicted molar refractivity (Wildman–Crippen MR) is 83.0 cm³/mol. The molecule has 0 bridgehead atoms. The van der Waals surface area contributed by atoms with Gasteiger partial charge in [-0.2, -0.15) is 0 Å². The van der Waals surface area contributed by atoms with Gasteiger partial charge in [0.2, 0.25) is 0 Å². The molecule has 2 rings (SSSR count). The summed E-state index contributed by atoms with van der Waals surface area (Å²) in [6.45, 7) is 2.03. The van der Waals surface area contributed by atoms with Gasteiger partial charge in [-0.1, -0.05) is 19.1 Å². The first-order chi connectivity index (χ1) is 9.42. The average molecular weight is 356 g/mol. The molecule has 0 atom stereocenters. The van der Waals surface area contributed by atoms with E-state index >= 15 is 0 Å². The minimum atomic E-state index is -3.75. The van der Waals surface area contributed by atoms with Gasteiger partial charge in [-0.15, -0.1) is 0 Å². The summed E-state index contributed by atoms with van der Waals surface area (Å²) in [6, 6.07) is 8.61. The van der Waals surface area contributed by atoms with Crippen LogP contribution < -0.4 is 10.5 Å². The maximum Gasteiger partial charge on any atom is 0.265 e. The van der Waals surface area contributed by atoms with Gasteiger partial charge in [-0.05, 0) is 46.1 Å². The molecule has 0 radical (unpaired) electrons. The van der Waals surface area contributed by atoms with Crippen LogP contribution in [0.5, 0.6) is 0 Å². The number of aromatic nitrogens is 1. The van der Waals surface area contributed by atoms with Crippen molar-refractivity contribution in [1.82, 2.24) is 4.98 Å². The zero-order valence-electron chi connectivity index (χ0n) is 10.8. The standard InChI is InChI=1S/C13H14BrN3O2S/c1-2-9-3-5-11(6-4-9)17-20(18,19)12-7-10(14)8-16-13(12)15/h3-8,17H,2H2,1H3,(H2,15,16). The fourth-order valence-corrected chi connectivity index (χ4v) is 3.31. The smallest absolute Gasteiger partial charge is 0.265 e. The van der Waals surface area contributed by atoms with Crippen LogP contribution >= 0.6 is 15.9 Å². The molecule has 0 saturated carbocycles. The molecule has 1 aromatic carbocycles. The summed E-state index contributed by atoms with van der Waals surface area (Å²) < 4.78 is 27.6. The Bertz CT molecular complexity index is 715. The highest BCUT2D eigenvalue weighted by atomic mass is 79.9. The van der Waals surface area contributed by atoms with Crippen LogP contribution in [0.2, 0.25) is 0 Å². The van der Waals surface area contributed by atoms with Gasteiger partial charge in [-0.25, -0.2) is 13.4 Å². The maximum absolute atomic E-state index is 12.3. The molecule has 7 heteroatoms. The van der Waals surface area contributed by atoms with Crippen LogP contribution in [0.1, 0.15) is 12.5 Å². The first kappa shape index (κ1) is 14.8. The molecule has 0 unspecified atom stereocenters.